The molecular weight excluding hydrogens is 251 g/mol. The van der Waals surface area contributed by atoms with E-state index >= 15 is 0 Å². The van der Waals surface area contributed by atoms with Gasteiger partial charge < -0.3 is 5.32 Å². The molecule has 0 saturated heterocycles. The van der Waals surface area contributed by atoms with E-state index in [0.29, 0.717) is 6.04 Å². The topological polar surface area (TPSA) is 15.3 Å². The van der Waals surface area contributed by atoms with Crippen LogP contribution in [0.25, 0.3) is 0 Å². The average Bonchev–Trinajstić information content (AvgIpc) is 3.21. The Kier molecular flexibility index (Phi) is 4.08. The number of nitrogens with one attached hydrogen (secondary N) is 1. The molecule has 20 heavy (non-hydrogen) atoms. The van der Waals surface area contributed by atoms with E-state index in [1.807, 2.05) is 12.1 Å². The largest absolute Gasteiger partial charge is 0.314 e. The summed E-state index contributed by atoms with van der Waals surface area (Å²) in [6.45, 7) is 3.24. The van der Waals surface area contributed by atoms with Crippen LogP contribution in [-0.2, 0) is 0 Å². The van der Waals surface area contributed by atoms with Gasteiger partial charge in [-0.15, -0.1) is 0 Å². The van der Waals surface area contributed by atoms with Gasteiger partial charge in [-0.2, -0.15) is 0 Å². The van der Waals surface area contributed by atoms with Crippen molar-refractivity contribution in [1.82, 2.24) is 10.2 Å². The highest BCUT2D eigenvalue weighted by molar-refractivity contribution is 5.21. The predicted molar refractivity (Wildman–Crippen MR) is 80.1 cm³/mol. The van der Waals surface area contributed by atoms with Gasteiger partial charge in [0.25, 0.3) is 0 Å². The summed E-state index contributed by atoms with van der Waals surface area (Å²) in [7, 11) is 2.14. The summed E-state index contributed by atoms with van der Waals surface area (Å²) >= 11 is 0. The van der Waals surface area contributed by atoms with Gasteiger partial charge in [0.15, 0.2) is 0 Å². The fourth-order valence-electron chi connectivity index (χ4n) is 3.25. The van der Waals surface area contributed by atoms with Gasteiger partial charge in [0.1, 0.15) is 5.82 Å². The third-order valence-electron chi connectivity index (χ3n) is 5.11. The molecule has 2 aliphatic rings. The van der Waals surface area contributed by atoms with E-state index in [1.165, 1.54) is 25.7 Å². The second kappa shape index (κ2) is 5.82. The third-order valence-corrected chi connectivity index (χ3v) is 5.11. The van der Waals surface area contributed by atoms with E-state index in [2.05, 4.69) is 24.2 Å². The molecule has 0 aromatic heterocycles. The van der Waals surface area contributed by atoms with Gasteiger partial charge >= 0.3 is 0 Å². The lowest BCUT2D eigenvalue weighted by molar-refractivity contribution is 0.0536. The number of rotatable bonds is 6. The first kappa shape index (κ1) is 14.0. The first-order valence-electron chi connectivity index (χ1n) is 7.86. The minimum absolute atomic E-state index is 0.0844. The molecule has 110 valence electrons. The van der Waals surface area contributed by atoms with E-state index in [9.17, 15) is 4.39 Å². The second-order valence-electron chi connectivity index (χ2n) is 6.45. The summed E-state index contributed by atoms with van der Waals surface area (Å²) in [5, 5.41) is 3.63. The van der Waals surface area contributed by atoms with Crippen LogP contribution in [0.15, 0.2) is 24.3 Å². The Bertz CT molecular complexity index is 458. The average molecular weight is 276 g/mol. The minimum Gasteiger partial charge on any atom is -0.314 e. The Labute approximate surface area is 121 Å². The van der Waals surface area contributed by atoms with Crippen molar-refractivity contribution in [2.24, 2.45) is 5.92 Å². The molecule has 3 unspecified atom stereocenters. The summed E-state index contributed by atoms with van der Waals surface area (Å²) in [4.78, 5) is 2.36. The number of halogens is 1. The van der Waals surface area contributed by atoms with Crippen molar-refractivity contribution in [3.63, 3.8) is 0 Å². The second-order valence-corrected chi connectivity index (χ2v) is 6.45. The fourth-order valence-corrected chi connectivity index (χ4v) is 3.25. The molecule has 0 amide bonds. The molecule has 0 spiro atoms. The normalized spacial score (nSPS) is 27.4. The quantitative estimate of drug-likeness (QED) is 0.857. The molecule has 2 saturated carbocycles. The van der Waals surface area contributed by atoms with Crippen LogP contribution in [0.2, 0.25) is 0 Å². The summed E-state index contributed by atoms with van der Waals surface area (Å²) in [5.74, 6) is 0.647. The van der Waals surface area contributed by atoms with E-state index < -0.39 is 0 Å². The van der Waals surface area contributed by atoms with E-state index in [-0.39, 0.29) is 11.9 Å². The van der Waals surface area contributed by atoms with Gasteiger partial charge in [-0.25, -0.2) is 4.39 Å². The molecule has 1 N–H and O–H groups in total. The van der Waals surface area contributed by atoms with Crippen LogP contribution in [0.3, 0.4) is 0 Å². The van der Waals surface area contributed by atoms with Crippen LogP contribution in [0, 0.1) is 11.7 Å². The molecule has 3 rings (SSSR count). The molecule has 0 aliphatic heterocycles. The molecular formula is C17H25FN2. The van der Waals surface area contributed by atoms with Crippen molar-refractivity contribution < 1.29 is 4.39 Å². The van der Waals surface area contributed by atoms with Gasteiger partial charge in [-0.3, -0.25) is 4.90 Å². The number of nitrogens with zero attached hydrogens (tertiary/aromatic N) is 1. The van der Waals surface area contributed by atoms with E-state index in [4.69, 9.17) is 0 Å². The molecule has 1 aromatic carbocycles. The zero-order valence-corrected chi connectivity index (χ0v) is 12.5. The molecule has 2 aliphatic carbocycles. The molecule has 0 radical (unpaired) electrons. The van der Waals surface area contributed by atoms with Crippen molar-refractivity contribution in [3.8, 4) is 0 Å². The standard InChI is InChI=1S/C17H25FN2/c1-12(15-5-3-4-6-16(15)18)20(2)17-10-7-13(17)11-19-14-8-9-14/h3-6,12-14,17,19H,7-11H2,1-2H3. The minimum atomic E-state index is -0.0844. The predicted octanol–water partition coefficient (Wildman–Crippen LogP) is 3.35. The van der Waals surface area contributed by atoms with Crippen molar-refractivity contribution in [3.05, 3.63) is 35.6 Å². The molecule has 1 aromatic rings. The maximum atomic E-state index is 13.9. The smallest absolute Gasteiger partial charge is 0.127 e. The Morgan fingerprint density at radius 2 is 2.00 bits per heavy atom. The van der Waals surface area contributed by atoms with Crippen molar-refractivity contribution in [1.29, 1.82) is 0 Å². The first-order chi connectivity index (χ1) is 9.66. The highest BCUT2D eigenvalue weighted by atomic mass is 19.1. The Hall–Kier alpha value is -0.930. The summed E-state index contributed by atoms with van der Waals surface area (Å²) in [6, 6.07) is 8.68. The molecule has 2 nitrogen and oxygen atoms in total. The van der Waals surface area contributed by atoms with Crippen LogP contribution in [0.1, 0.15) is 44.2 Å². The Morgan fingerprint density at radius 3 is 2.60 bits per heavy atom. The van der Waals surface area contributed by atoms with Crippen molar-refractivity contribution in [2.45, 2.75) is 50.7 Å². The molecule has 2 fully saturated rings. The van der Waals surface area contributed by atoms with Gasteiger partial charge in [0, 0.05) is 23.7 Å². The van der Waals surface area contributed by atoms with Crippen LogP contribution >= 0.6 is 0 Å². The maximum absolute atomic E-state index is 13.9. The Morgan fingerprint density at radius 1 is 1.25 bits per heavy atom. The maximum Gasteiger partial charge on any atom is 0.127 e. The van der Waals surface area contributed by atoms with Crippen molar-refractivity contribution in [2.75, 3.05) is 13.6 Å². The SMILES string of the molecule is CC(c1ccccc1F)N(C)C1CCC1CNC1CC1. The number of hydrogen-bond acceptors (Lipinski definition) is 2. The van der Waals surface area contributed by atoms with E-state index in [1.54, 1.807) is 12.1 Å². The Balaban J connectivity index is 1.59. The molecule has 3 heteroatoms. The third kappa shape index (κ3) is 2.89. The van der Waals surface area contributed by atoms with Crippen LogP contribution in [0.4, 0.5) is 4.39 Å². The van der Waals surface area contributed by atoms with Crippen LogP contribution in [-0.4, -0.2) is 30.6 Å². The summed E-state index contributed by atoms with van der Waals surface area (Å²) in [6.07, 6.45) is 5.24. The first-order valence-corrected chi connectivity index (χ1v) is 7.86. The number of hydrogen-bond donors (Lipinski definition) is 1. The van der Waals surface area contributed by atoms with Gasteiger partial charge in [0.05, 0.1) is 0 Å². The van der Waals surface area contributed by atoms with Gasteiger partial charge in [0.2, 0.25) is 0 Å². The zero-order chi connectivity index (χ0) is 14.1. The number of benzene rings is 1. The molecule has 3 atom stereocenters. The summed E-state index contributed by atoms with van der Waals surface area (Å²) in [5.41, 5.74) is 0.816. The van der Waals surface area contributed by atoms with E-state index in [0.717, 1.165) is 24.1 Å². The van der Waals surface area contributed by atoms with Crippen molar-refractivity contribution >= 4 is 0 Å². The highest BCUT2D eigenvalue weighted by Crippen LogP contribution is 2.36. The van der Waals surface area contributed by atoms with Gasteiger partial charge in [-0.1, -0.05) is 18.2 Å². The lowest BCUT2D eigenvalue weighted by Gasteiger charge is -2.45. The zero-order valence-electron chi connectivity index (χ0n) is 12.5. The summed E-state index contributed by atoms with van der Waals surface area (Å²) < 4.78 is 13.9. The fraction of sp³-hybridized carbons (Fsp3) is 0.647. The molecule has 0 heterocycles. The lowest BCUT2D eigenvalue weighted by Crippen LogP contribution is -2.50. The monoisotopic (exact) mass is 276 g/mol. The molecule has 0 bridgehead atoms. The van der Waals surface area contributed by atoms with Gasteiger partial charge in [-0.05, 0) is 58.2 Å². The van der Waals surface area contributed by atoms with Crippen LogP contribution in [0.5, 0.6) is 0 Å². The lowest BCUT2D eigenvalue weighted by atomic mass is 9.77. The van der Waals surface area contributed by atoms with Crippen LogP contribution < -0.4 is 5.32 Å². The highest BCUT2D eigenvalue weighted by Gasteiger charge is 2.37.